The molecule has 76 valence electrons. The second-order valence-corrected chi connectivity index (χ2v) is 3.40. The predicted octanol–water partition coefficient (Wildman–Crippen LogP) is -0.914. The summed E-state index contributed by atoms with van der Waals surface area (Å²) in [6.45, 7) is 2.76. The van der Waals surface area contributed by atoms with Crippen molar-refractivity contribution in [2.45, 2.75) is 25.4 Å². The van der Waals surface area contributed by atoms with E-state index in [0.29, 0.717) is 13.2 Å². The average Bonchev–Trinajstić information content (AvgIpc) is 2.03. The minimum absolute atomic E-state index is 0.0150. The molecule has 1 heterocycles. The van der Waals surface area contributed by atoms with Crippen molar-refractivity contribution < 1.29 is 9.53 Å². The molecule has 2 unspecified atom stereocenters. The fraction of sp³-hybridized carbons (Fsp3) is 0.875. The van der Waals surface area contributed by atoms with E-state index in [4.69, 9.17) is 10.6 Å². The normalized spacial score (nSPS) is 28.9. The van der Waals surface area contributed by atoms with Crippen molar-refractivity contribution in [1.82, 2.24) is 10.3 Å². The lowest BCUT2D eigenvalue weighted by molar-refractivity contribution is -0.121. The van der Waals surface area contributed by atoms with Gasteiger partial charge in [0.15, 0.2) is 0 Å². The largest absolute Gasteiger partial charge is 0.379 e. The molecule has 0 aromatic heterocycles. The number of hydrogen-bond acceptors (Lipinski definition) is 4. The Morgan fingerprint density at radius 2 is 2.38 bits per heavy atom. The number of nitrogens with zero attached hydrogens (tertiary/aromatic N) is 1. The zero-order valence-electron chi connectivity index (χ0n) is 8.12. The first-order chi connectivity index (χ1) is 6.11. The molecule has 5 heteroatoms. The van der Waals surface area contributed by atoms with Crippen LogP contribution in [0.25, 0.3) is 0 Å². The maximum atomic E-state index is 10.9. The molecule has 1 aliphatic heterocycles. The topological polar surface area (TPSA) is 67.6 Å². The van der Waals surface area contributed by atoms with E-state index in [9.17, 15) is 4.79 Å². The van der Waals surface area contributed by atoms with Gasteiger partial charge in [-0.3, -0.25) is 10.6 Å². The molecular formula is C8H17N3O2. The lowest BCUT2D eigenvalue weighted by Crippen LogP contribution is -2.57. The first kappa shape index (κ1) is 10.4. The summed E-state index contributed by atoms with van der Waals surface area (Å²) < 4.78 is 5.27. The number of hydrogen-bond donors (Lipinski definition) is 2. The fourth-order valence-electron chi connectivity index (χ4n) is 1.61. The molecule has 1 rings (SSSR count). The molecule has 0 aliphatic carbocycles. The molecule has 13 heavy (non-hydrogen) atoms. The molecule has 0 aromatic rings. The summed E-state index contributed by atoms with van der Waals surface area (Å²) in [5.74, 6) is 5.62. The fourth-order valence-corrected chi connectivity index (χ4v) is 1.61. The van der Waals surface area contributed by atoms with Gasteiger partial charge in [-0.05, 0) is 6.42 Å². The van der Waals surface area contributed by atoms with Crippen LogP contribution in [0.5, 0.6) is 0 Å². The van der Waals surface area contributed by atoms with Gasteiger partial charge in [0.25, 0.3) is 0 Å². The van der Waals surface area contributed by atoms with Crippen molar-refractivity contribution in [1.29, 1.82) is 0 Å². The molecule has 5 nitrogen and oxygen atoms in total. The minimum atomic E-state index is -0.0395. The van der Waals surface area contributed by atoms with E-state index in [1.54, 1.807) is 5.01 Å². The van der Waals surface area contributed by atoms with Gasteiger partial charge in [-0.2, -0.15) is 0 Å². The number of ether oxygens (including phenoxy) is 1. The van der Waals surface area contributed by atoms with Crippen molar-refractivity contribution in [3.8, 4) is 0 Å². The Kier molecular flexibility index (Phi) is 3.65. The summed E-state index contributed by atoms with van der Waals surface area (Å²) in [6, 6.07) is 0.193. The molecule has 1 aliphatic rings. The Hall–Kier alpha value is -0.650. The third kappa shape index (κ3) is 2.95. The van der Waals surface area contributed by atoms with Crippen LogP contribution in [0.4, 0.5) is 0 Å². The molecule has 0 saturated carbocycles. The quantitative estimate of drug-likeness (QED) is 0.433. The summed E-state index contributed by atoms with van der Waals surface area (Å²) in [7, 11) is 1.81. The zero-order chi connectivity index (χ0) is 9.84. The van der Waals surface area contributed by atoms with E-state index in [-0.39, 0.29) is 18.0 Å². The number of amides is 1. The van der Waals surface area contributed by atoms with Crippen LogP contribution < -0.4 is 11.2 Å². The highest BCUT2D eigenvalue weighted by molar-refractivity contribution is 5.73. The first-order valence-electron chi connectivity index (χ1n) is 4.43. The Balaban J connectivity index is 2.51. The number of nitrogens with one attached hydrogen (secondary N) is 1. The van der Waals surface area contributed by atoms with Crippen LogP contribution in [0.1, 0.15) is 13.3 Å². The lowest BCUT2D eigenvalue weighted by atomic mass is 10.0. The molecular weight excluding hydrogens is 170 g/mol. The lowest BCUT2D eigenvalue weighted by Gasteiger charge is -2.35. The monoisotopic (exact) mass is 187 g/mol. The molecule has 2 atom stereocenters. The smallest absolute Gasteiger partial charge is 0.217 e. The highest BCUT2D eigenvalue weighted by atomic mass is 16.5. The van der Waals surface area contributed by atoms with E-state index in [1.165, 1.54) is 6.92 Å². The zero-order valence-corrected chi connectivity index (χ0v) is 8.12. The van der Waals surface area contributed by atoms with Crippen LogP contribution in [-0.4, -0.2) is 43.3 Å². The third-order valence-corrected chi connectivity index (χ3v) is 2.23. The molecule has 0 bridgehead atoms. The van der Waals surface area contributed by atoms with Crippen molar-refractivity contribution in [3.63, 3.8) is 0 Å². The molecule has 0 radical (unpaired) electrons. The Labute approximate surface area is 78.2 Å². The molecule has 3 N–H and O–H groups in total. The van der Waals surface area contributed by atoms with E-state index in [2.05, 4.69) is 5.32 Å². The highest BCUT2D eigenvalue weighted by Crippen LogP contribution is 2.11. The van der Waals surface area contributed by atoms with E-state index < -0.39 is 0 Å². The molecule has 0 spiro atoms. The van der Waals surface area contributed by atoms with Crippen molar-refractivity contribution in [2.24, 2.45) is 5.84 Å². The van der Waals surface area contributed by atoms with Crippen LogP contribution in [0.15, 0.2) is 0 Å². The Morgan fingerprint density at radius 1 is 1.69 bits per heavy atom. The number of carbonyl (C=O) groups is 1. The number of carbonyl (C=O) groups excluding carboxylic acids is 1. The van der Waals surface area contributed by atoms with Crippen LogP contribution in [0.3, 0.4) is 0 Å². The van der Waals surface area contributed by atoms with Crippen LogP contribution in [0.2, 0.25) is 0 Å². The van der Waals surface area contributed by atoms with E-state index in [1.807, 2.05) is 7.05 Å². The molecule has 1 fully saturated rings. The van der Waals surface area contributed by atoms with Gasteiger partial charge in [0.05, 0.1) is 12.6 Å². The second-order valence-electron chi connectivity index (χ2n) is 3.40. The van der Waals surface area contributed by atoms with Crippen molar-refractivity contribution in [2.75, 3.05) is 20.3 Å². The summed E-state index contributed by atoms with van der Waals surface area (Å²) in [4.78, 5) is 10.9. The Bertz CT molecular complexity index is 184. The van der Waals surface area contributed by atoms with Gasteiger partial charge in [-0.15, -0.1) is 0 Å². The van der Waals surface area contributed by atoms with E-state index >= 15 is 0 Å². The van der Waals surface area contributed by atoms with Gasteiger partial charge in [-0.1, -0.05) is 0 Å². The summed E-state index contributed by atoms with van der Waals surface area (Å²) in [6.07, 6.45) is 0.859. The third-order valence-electron chi connectivity index (χ3n) is 2.23. The standard InChI is InChI=1S/C8H17N3O2/c1-6(12)10-7-5-13-4-3-8(7)11(2)9/h7-8H,3-5,9H2,1-2H3,(H,10,12). The SMILES string of the molecule is CC(=O)NC1COCCC1N(C)N. The van der Waals surface area contributed by atoms with Crippen LogP contribution in [0, 0.1) is 0 Å². The van der Waals surface area contributed by atoms with Crippen molar-refractivity contribution >= 4 is 5.91 Å². The van der Waals surface area contributed by atoms with Crippen LogP contribution >= 0.6 is 0 Å². The summed E-state index contributed by atoms with van der Waals surface area (Å²) in [5, 5.41) is 4.47. The number of likely N-dealkylation sites (N-methyl/N-ethyl adjacent to an activating group) is 1. The van der Waals surface area contributed by atoms with Gasteiger partial charge >= 0.3 is 0 Å². The van der Waals surface area contributed by atoms with Crippen LogP contribution in [-0.2, 0) is 9.53 Å². The van der Waals surface area contributed by atoms with Crippen molar-refractivity contribution in [3.05, 3.63) is 0 Å². The number of hydrazine groups is 1. The van der Waals surface area contributed by atoms with Gasteiger partial charge in [0, 0.05) is 26.6 Å². The maximum absolute atomic E-state index is 10.9. The first-order valence-corrected chi connectivity index (χ1v) is 4.43. The number of rotatable bonds is 2. The maximum Gasteiger partial charge on any atom is 0.217 e. The summed E-state index contributed by atoms with van der Waals surface area (Å²) >= 11 is 0. The highest BCUT2D eigenvalue weighted by Gasteiger charge is 2.28. The number of nitrogens with two attached hydrogens (primary N) is 1. The van der Waals surface area contributed by atoms with Gasteiger partial charge in [-0.25, -0.2) is 5.01 Å². The molecule has 1 amide bonds. The van der Waals surface area contributed by atoms with Gasteiger partial charge in [0.2, 0.25) is 5.91 Å². The second kappa shape index (κ2) is 4.55. The van der Waals surface area contributed by atoms with Gasteiger partial charge < -0.3 is 10.1 Å². The average molecular weight is 187 g/mol. The van der Waals surface area contributed by atoms with E-state index in [0.717, 1.165) is 6.42 Å². The van der Waals surface area contributed by atoms with Gasteiger partial charge in [0.1, 0.15) is 0 Å². The predicted molar refractivity (Wildman–Crippen MR) is 48.8 cm³/mol. The molecule has 1 saturated heterocycles. The minimum Gasteiger partial charge on any atom is -0.379 e. The Morgan fingerprint density at radius 3 is 2.92 bits per heavy atom. The summed E-state index contributed by atoms with van der Waals surface area (Å²) in [5.41, 5.74) is 0. The molecule has 0 aromatic carbocycles.